The van der Waals surface area contributed by atoms with Crippen molar-refractivity contribution in [3.63, 3.8) is 0 Å². The van der Waals surface area contributed by atoms with Crippen LogP contribution >= 0.6 is 0 Å². The summed E-state index contributed by atoms with van der Waals surface area (Å²) in [5, 5.41) is 2.83. The smallest absolute Gasteiger partial charge is 0.269 e. The average Bonchev–Trinajstić information content (AvgIpc) is 2.74. The van der Waals surface area contributed by atoms with Gasteiger partial charge in [-0.05, 0) is 31.8 Å². The fraction of sp³-hybridized carbons (Fsp3) is 0.409. The lowest BCUT2D eigenvalue weighted by molar-refractivity contribution is 0.0628. The minimum absolute atomic E-state index is 0.0471. The first-order chi connectivity index (χ1) is 14.0. The van der Waals surface area contributed by atoms with Crippen molar-refractivity contribution in [3.8, 4) is 0 Å². The van der Waals surface area contributed by atoms with Crippen LogP contribution in [0.4, 0.5) is 0 Å². The van der Waals surface area contributed by atoms with E-state index in [1.807, 2.05) is 42.1 Å². The summed E-state index contributed by atoms with van der Waals surface area (Å²) in [4.78, 5) is 35.5. The number of nitrogens with one attached hydrogen (secondary N) is 1. The third kappa shape index (κ3) is 6.10. The molecule has 154 valence electrons. The molecule has 3 rings (SSSR count). The van der Waals surface area contributed by atoms with Gasteiger partial charge in [0.2, 0.25) is 0 Å². The summed E-state index contributed by atoms with van der Waals surface area (Å²) in [7, 11) is 3.90. The Labute approximate surface area is 172 Å². The highest BCUT2D eigenvalue weighted by molar-refractivity contribution is 5.98. The summed E-state index contributed by atoms with van der Waals surface area (Å²) in [6.07, 6.45) is 1.53. The highest BCUT2D eigenvalue weighted by atomic mass is 16.2. The lowest BCUT2D eigenvalue weighted by Gasteiger charge is -2.34. The molecule has 29 heavy (non-hydrogen) atoms. The summed E-state index contributed by atoms with van der Waals surface area (Å²) in [6, 6.07) is 13.6. The van der Waals surface area contributed by atoms with E-state index in [4.69, 9.17) is 0 Å². The van der Waals surface area contributed by atoms with E-state index in [0.29, 0.717) is 25.2 Å². The van der Waals surface area contributed by atoms with E-state index in [0.717, 1.165) is 26.2 Å². The number of hydrogen-bond acceptors (Lipinski definition) is 5. The lowest BCUT2D eigenvalue weighted by atomic mass is 10.1. The van der Waals surface area contributed by atoms with Gasteiger partial charge in [-0.25, -0.2) is 0 Å². The number of likely N-dealkylation sites (N-methyl/N-ethyl adjacent to an activating group) is 1. The van der Waals surface area contributed by atoms with Gasteiger partial charge < -0.3 is 15.1 Å². The first kappa shape index (κ1) is 21.0. The molecule has 0 bridgehead atoms. The van der Waals surface area contributed by atoms with Crippen molar-refractivity contribution in [2.24, 2.45) is 0 Å². The molecule has 0 saturated carbocycles. The van der Waals surface area contributed by atoms with Gasteiger partial charge in [0.1, 0.15) is 5.69 Å². The van der Waals surface area contributed by atoms with Gasteiger partial charge in [-0.15, -0.1) is 0 Å². The van der Waals surface area contributed by atoms with E-state index >= 15 is 0 Å². The van der Waals surface area contributed by atoms with Crippen molar-refractivity contribution in [1.82, 2.24) is 25.0 Å². The molecule has 2 heterocycles. The van der Waals surface area contributed by atoms with Crippen molar-refractivity contribution in [2.75, 3.05) is 53.4 Å². The molecule has 1 aromatic carbocycles. The molecule has 0 spiro atoms. The molecule has 1 fully saturated rings. The Morgan fingerprint density at radius 1 is 1.07 bits per heavy atom. The Morgan fingerprint density at radius 2 is 1.79 bits per heavy atom. The number of pyridine rings is 1. The van der Waals surface area contributed by atoms with Crippen LogP contribution in [0.25, 0.3) is 0 Å². The highest BCUT2D eigenvalue weighted by Crippen LogP contribution is 2.12. The molecule has 7 heteroatoms. The summed E-state index contributed by atoms with van der Waals surface area (Å²) < 4.78 is 0. The lowest BCUT2D eigenvalue weighted by Crippen LogP contribution is -2.48. The standard InChI is InChI=1S/C22H29N5O2/c1-25(2)11-10-24-21(28)20-16-19(8-9-23-20)22(29)27-14-12-26(13-15-27)17-18-6-4-3-5-7-18/h3-9,16H,10-15,17H2,1-2H3,(H,24,28). The number of rotatable bonds is 7. The van der Waals surface area contributed by atoms with Crippen molar-refractivity contribution >= 4 is 11.8 Å². The van der Waals surface area contributed by atoms with Gasteiger partial charge in [0.05, 0.1) is 0 Å². The summed E-state index contributed by atoms with van der Waals surface area (Å²) in [6.45, 7) is 5.21. The van der Waals surface area contributed by atoms with Crippen LogP contribution in [-0.2, 0) is 6.54 Å². The fourth-order valence-corrected chi connectivity index (χ4v) is 3.30. The van der Waals surface area contributed by atoms with E-state index in [2.05, 4.69) is 27.3 Å². The zero-order valence-corrected chi connectivity index (χ0v) is 17.2. The molecule has 7 nitrogen and oxygen atoms in total. The van der Waals surface area contributed by atoms with Crippen molar-refractivity contribution in [1.29, 1.82) is 0 Å². The van der Waals surface area contributed by atoms with Crippen LogP contribution in [0.15, 0.2) is 48.7 Å². The maximum absolute atomic E-state index is 12.9. The normalized spacial score (nSPS) is 14.8. The van der Waals surface area contributed by atoms with Gasteiger partial charge in [0, 0.05) is 57.6 Å². The minimum atomic E-state index is -0.255. The second-order valence-electron chi connectivity index (χ2n) is 7.54. The number of hydrogen-bond donors (Lipinski definition) is 1. The minimum Gasteiger partial charge on any atom is -0.349 e. The largest absolute Gasteiger partial charge is 0.349 e. The SMILES string of the molecule is CN(C)CCNC(=O)c1cc(C(=O)N2CCN(Cc3ccccc3)CC2)ccn1. The second kappa shape index (κ2) is 10.1. The Hall–Kier alpha value is -2.77. The predicted molar refractivity (Wildman–Crippen MR) is 113 cm³/mol. The van der Waals surface area contributed by atoms with Gasteiger partial charge in [-0.1, -0.05) is 30.3 Å². The van der Waals surface area contributed by atoms with Crippen molar-refractivity contribution < 1.29 is 9.59 Å². The molecule has 0 aliphatic carbocycles. The third-order valence-corrected chi connectivity index (χ3v) is 4.99. The Balaban J connectivity index is 1.53. The molecular weight excluding hydrogens is 366 g/mol. The number of amides is 2. The molecule has 2 amide bonds. The van der Waals surface area contributed by atoms with Gasteiger partial charge in [0.15, 0.2) is 0 Å². The van der Waals surface area contributed by atoms with Crippen LogP contribution in [0.1, 0.15) is 26.4 Å². The monoisotopic (exact) mass is 395 g/mol. The first-order valence-corrected chi connectivity index (χ1v) is 9.97. The third-order valence-electron chi connectivity index (χ3n) is 4.99. The van der Waals surface area contributed by atoms with Gasteiger partial charge in [-0.2, -0.15) is 0 Å². The average molecular weight is 396 g/mol. The summed E-state index contributed by atoms with van der Waals surface area (Å²) in [5.41, 5.74) is 2.07. The first-order valence-electron chi connectivity index (χ1n) is 9.97. The molecule has 0 radical (unpaired) electrons. The summed E-state index contributed by atoms with van der Waals surface area (Å²) in [5.74, 6) is -0.303. The number of nitrogens with zero attached hydrogens (tertiary/aromatic N) is 4. The number of aromatic nitrogens is 1. The van der Waals surface area contributed by atoms with E-state index in [1.54, 1.807) is 12.1 Å². The maximum Gasteiger partial charge on any atom is 0.269 e. The van der Waals surface area contributed by atoms with Gasteiger partial charge in [0.25, 0.3) is 11.8 Å². The van der Waals surface area contributed by atoms with E-state index < -0.39 is 0 Å². The Morgan fingerprint density at radius 3 is 2.48 bits per heavy atom. The molecule has 1 aliphatic heterocycles. The Bertz CT molecular complexity index is 817. The zero-order valence-electron chi connectivity index (χ0n) is 17.2. The van der Waals surface area contributed by atoms with E-state index in [-0.39, 0.29) is 17.5 Å². The quantitative estimate of drug-likeness (QED) is 0.766. The van der Waals surface area contributed by atoms with Crippen LogP contribution in [0.5, 0.6) is 0 Å². The molecule has 1 saturated heterocycles. The van der Waals surface area contributed by atoms with Gasteiger partial charge >= 0.3 is 0 Å². The number of piperazine rings is 1. The topological polar surface area (TPSA) is 68.8 Å². The van der Waals surface area contributed by atoms with Crippen molar-refractivity contribution in [2.45, 2.75) is 6.54 Å². The molecule has 1 aromatic heterocycles. The van der Waals surface area contributed by atoms with Crippen LogP contribution in [0.3, 0.4) is 0 Å². The van der Waals surface area contributed by atoms with E-state index in [1.165, 1.54) is 11.8 Å². The number of carbonyl (C=O) groups excluding carboxylic acids is 2. The molecule has 1 N–H and O–H groups in total. The molecular formula is C22H29N5O2. The fourth-order valence-electron chi connectivity index (χ4n) is 3.30. The van der Waals surface area contributed by atoms with Crippen LogP contribution in [0.2, 0.25) is 0 Å². The molecule has 0 unspecified atom stereocenters. The predicted octanol–water partition coefficient (Wildman–Crippen LogP) is 1.33. The second-order valence-corrected chi connectivity index (χ2v) is 7.54. The van der Waals surface area contributed by atoms with Crippen LogP contribution < -0.4 is 5.32 Å². The van der Waals surface area contributed by atoms with Crippen LogP contribution in [0, 0.1) is 0 Å². The van der Waals surface area contributed by atoms with Crippen LogP contribution in [-0.4, -0.2) is 84.9 Å². The number of carbonyl (C=O) groups is 2. The summed E-state index contributed by atoms with van der Waals surface area (Å²) >= 11 is 0. The molecule has 0 atom stereocenters. The Kier molecular flexibility index (Phi) is 7.32. The van der Waals surface area contributed by atoms with Gasteiger partial charge in [-0.3, -0.25) is 19.5 Å². The molecule has 1 aliphatic rings. The number of benzene rings is 1. The maximum atomic E-state index is 12.9. The molecule has 2 aromatic rings. The van der Waals surface area contributed by atoms with Crippen molar-refractivity contribution in [3.05, 3.63) is 65.5 Å². The van der Waals surface area contributed by atoms with E-state index in [9.17, 15) is 9.59 Å². The zero-order chi connectivity index (χ0) is 20.6. The highest BCUT2D eigenvalue weighted by Gasteiger charge is 2.23.